The lowest BCUT2D eigenvalue weighted by Crippen LogP contribution is -2.02. The second kappa shape index (κ2) is 5.22. The zero-order chi connectivity index (χ0) is 13.1. The van der Waals surface area contributed by atoms with Crippen LogP contribution in [-0.2, 0) is 6.54 Å². The number of carboxylic acids is 1. The molecule has 6 heteroatoms. The van der Waals surface area contributed by atoms with Crippen molar-refractivity contribution in [3.05, 3.63) is 40.6 Å². The second-order valence-electron chi connectivity index (χ2n) is 3.70. The minimum absolute atomic E-state index is 0.216. The molecule has 0 bridgehead atoms. The molecular weight excluding hydrogens is 298 g/mol. The highest BCUT2D eigenvalue weighted by molar-refractivity contribution is 9.10. The van der Waals surface area contributed by atoms with Crippen LogP contribution in [0.25, 0.3) is 0 Å². The maximum atomic E-state index is 11.1. The number of anilines is 2. The van der Waals surface area contributed by atoms with E-state index in [1.165, 1.54) is 0 Å². The van der Waals surface area contributed by atoms with Crippen molar-refractivity contribution in [3.63, 3.8) is 0 Å². The molecule has 1 aromatic carbocycles. The molecule has 0 saturated heterocycles. The minimum Gasteiger partial charge on any atom is -0.478 e. The van der Waals surface area contributed by atoms with Crippen LogP contribution in [0.2, 0.25) is 0 Å². The van der Waals surface area contributed by atoms with Crippen molar-refractivity contribution in [1.29, 1.82) is 0 Å². The van der Waals surface area contributed by atoms with Gasteiger partial charge in [-0.05, 0) is 25.1 Å². The fourth-order valence-electron chi connectivity index (χ4n) is 1.56. The molecule has 1 heterocycles. The number of rotatable bonds is 4. The second-order valence-corrected chi connectivity index (χ2v) is 4.62. The normalized spacial score (nSPS) is 10.3. The van der Waals surface area contributed by atoms with Gasteiger partial charge in [0.2, 0.25) is 0 Å². The lowest BCUT2D eigenvalue weighted by Gasteiger charge is -2.07. The van der Waals surface area contributed by atoms with E-state index in [4.69, 9.17) is 5.11 Å². The summed E-state index contributed by atoms with van der Waals surface area (Å²) in [6.45, 7) is 2.76. The van der Waals surface area contributed by atoms with Crippen molar-refractivity contribution in [3.8, 4) is 0 Å². The first kappa shape index (κ1) is 12.6. The Morgan fingerprint density at radius 3 is 2.94 bits per heavy atom. The number of nitrogens with one attached hydrogen (secondary N) is 1. The van der Waals surface area contributed by atoms with Crippen LogP contribution >= 0.6 is 15.9 Å². The molecule has 0 unspecified atom stereocenters. The summed E-state index contributed by atoms with van der Waals surface area (Å²) in [6, 6.07) is 5.07. The molecular formula is C12H12BrN3O2. The molecule has 0 fully saturated rings. The molecule has 0 saturated carbocycles. The molecule has 2 aromatic rings. The van der Waals surface area contributed by atoms with Crippen molar-refractivity contribution in [2.24, 2.45) is 0 Å². The topological polar surface area (TPSA) is 67.2 Å². The molecule has 0 amide bonds. The standard InChI is InChI=1S/C12H12BrN3O2/c1-2-16-7-9(6-14-16)15-11-4-3-8(13)5-10(11)12(17)18/h3-7,15H,2H2,1H3,(H,17,18). The van der Waals surface area contributed by atoms with Gasteiger partial charge in [0.1, 0.15) is 0 Å². The molecule has 94 valence electrons. The van der Waals surface area contributed by atoms with E-state index in [9.17, 15) is 4.79 Å². The van der Waals surface area contributed by atoms with Crippen LogP contribution in [0.5, 0.6) is 0 Å². The van der Waals surface area contributed by atoms with Crippen molar-refractivity contribution >= 4 is 33.3 Å². The number of aryl methyl sites for hydroxylation is 1. The molecule has 1 aromatic heterocycles. The Bertz CT molecular complexity index is 580. The molecule has 2 N–H and O–H groups in total. The fourth-order valence-corrected chi connectivity index (χ4v) is 1.92. The van der Waals surface area contributed by atoms with Gasteiger partial charge in [-0.15, -0.1) is 0 Å². The first-order valence-electron chi connectivity index (χ1n) is 5.42. The number of halogens is 1. The summed E-state index contributed by atoms with van der Waals surface area (Å²) in [7, 11) is 0. The number of hydrogen-bond acceptors (Lipinski definition) is 3. The van der Waals surface area contributed by atoms with Gasteiger partial charge >= 0.3 is 5.97 Å². The maximum Gasteiger partial charge on any atom is 0.337 e. The number of hydrogen-bond donors (Lipinski definition) is 2. The van der Waals surface area contributed by atoms with Gasteiger partial charge in [0.15, 0.2) is 0 Å². The summed E-state index contributed by atoms with van der Waals surface area (Å²) in [5.41, 5.74) is 1.52. The minimum atomic E-state index is -0.971. The number of carboxylic acid groups (broad SMARTS) is 1. The third-order valence-corrected chi connectivity index (χ3v) is 2.94. The highest BCUT2D eigenvalue weighted by Crippen LogP contribution is 2.24. The molecule has 2 rings (SSSR count). The van der Waals surface area contributed by atoms with Gasteiger partial charge in [0, 0.05) is 17.2 Å². The molecule has 0 radical (unpaired) electrons. The fraction of sp³-hybridized carbons (Fsp3) is 0.167. The molecule has 18 heavy (non-hydrogen) atoms. The highest BCUT2D eigenvalue weighted by Gasteiger charge is 2.11. The number of aromatic nitrogens is 2. The number of nitrogens with zero attached hydrogens (tertiary/aromatic N) is 2. The average molecular weight is 310 g/mol. The Labute approximate surface area is 113 Å². The first-order chi connectivity index (χ1) is 8.60. The molecule has 0 aliphatic carbocycles. The van der Waals surface area contributed by atoms with Crippen LogP contribution in [0.1, 0.15) is 17.3 Å². The molecule has 0 aliphatic rings. The Morgan fingerprint density at radius 1 is 1.56 bits per heavy atom. The van der Waals surface area contributed by atoms with Gasteiger partial charge < -0.3 is 10.4 Å². The first-order valence-corrected chi connectivity index (χ1v) is 6.21. The maximum absolute atomic E-state index is 11.1. The Balaban J connectivity index is 2.30. The van der Waals surface area contributed by atoms with Gasteiger partial charge in [0.05, 0.1) is 23.1 Å². The van der Waals surface area contributed by atoms with Crippen LogP contribution in [0.3, 0.4) is 0 Å². The Hall–Kier alpha value is -1.82. The smallest absolute Gasteiger partial charge is 0.337 e. The van der Waals surface area contributed by atoms with Crippen LogP contribution < -0.4 is 5.32 Å². The van der Waals surface area contributed by atoms with Crippen molar-refractivity contribution in [2.75, 3.05) is 5.32 Å². The van der Waals surface area contributed by atoms with E-state index < -0.39 is 5.97 Å². The van der Waals surface area contributed by atoms with Crippen molar-refractivity contribution in [1.82, 2.24) is 9.78 Å². The van der Waals surface area contributed by atoms with E-state index in [0.29, 0.717) is 5.69 Å². The van der Waals surface area contributed by atoms with Crippen LogP contribution in [0, 0.1) is 0 Å². The van der Waals surface area contributed by atoms with E-state index in [1.807, 2.05) is 13.1 Å². The summed E-state index contributed by atoms with van der Waals surface area (Å²) in [5.74, 6) is -0.971. The predicted molar refractivity (Wildman–Crippen MR) is 72.3 cm³/mol. The lowest BCUT2D eigenvalue weighted by molar-refractivity contribution is 0.0698. The summed E-state index contributed by atoms with van der Waals surface area (Å²) in [5, 5.41) is 16.3. The zero-order valence-corrected chi connectivity index (χ0v) is 11.3. The third-order valence-electron chi connectivity index (χ3n) is 2.45. The van der Waals surface area contributed by atoms with Gasteiger partial charge in [-0.25, -0.2) is 4.79 Å². The SMILES string of the molecule is CCn1cc(Nc2ccc(Br)cc2C(=O)O)cn1. The molecule has 5 nitrogen and oxygen atoms in total. The van der Waals surface area contributed by atoms with Crippen molar-refractivity contribution in [2.45, 2.75) is 13.5 Å². The number of carbonyl (C=O) groups is 1. The Morgan fingerprint density at radius 2 is 2.33 bits per heavy atom. The summed E-state index contributed by atoms with van der Waals surface area (Å²) in [4.78, 5) is 11.1. The Kier molecular flexibility index (Phi) is 3.66. The predicted octanol–water partition coefficient (Wildman–Crippen LogP) is 3.11. The summed E-state index contributed by atoms with van der Waals surface area (Å²) in [6.07, 6.45) is 3.49. The zero-order valence-electron chi connectivity index (χ0n) is 9.72. The van der Waals surface area contributed by atoms with E-state index >= 15 is 0 Å². The lowest BCUT2D eigenvalue weighted by atomic mass is 10.2. The van der Waals surface area contributed by atoms with Gasteiger partial charge in [0.25, 0.3) is 0 Å². The van der Waals surface area contributed by atoms with E-state index in [0.717, 1.165) is 16.7 Å². The van der Waals surface area contributed by atoms with E-state index in [2.05, 4.69) is 26.3 Å². The van der Waals surface area contributed by atoms with Crippen molar-refractivity contribution < 1.29 is 9.90 Å². The quantitative estimate of drug-likeness (QED) is 0.910. The third kappa shape index (κ3) is 2.70. The van der Waals surface area contributed by atoms with Crippen LogP contribution in [0.4, 0.5) is 11.4 Å². The highest BCUT2D eigenvalue weighted by atomic mass is 79.9. The molecule has 0 aliphatic heterocycles. The van der Waals surface area contributed by atoms with Gasteiger partial charge in [-0.1, -0.05) is 15.9 Å². The monoisotopic (exact) mass is 309 g/mol. The largest absolute Gasteiger partial charge is 0.478 e. The summed E-state index contributed by atoms with van der Waals surface area (Å²) < 4.78 is 2.50. The van der Waals surface area contributed by atoms with Gasteiger partial charge in [-0.3, -0.25) is 4.68 Å². The number of aromatic carboxylic acids is 1. The molecule has 0 atom stereocenters. The van der Waals surface area contributed by atoms with Crippen LogP contribution in [-0.4, -0.2) is 20.9 Å². The molecule has 0 spiro atoms. The van der Waals surface area contributed by atoms with Gasteiger partial charge in [-0.2, -0.15) is 5.10 Å². The van der Waals surface area contributed by atoms with E-state index in [-0.39, 0.29) is 5.56 Å². The average Bonchev–Trinajstić information content (AvgIpc) is 2.79. The summed E-state index contributed by atoms with van der Waals surface area (Å²) >= 11 is 3.26. The van der Waals surface area contributed by atoms with Crippen LogP contribution in [0.15, 0.2) is 35.1 Å². The number of benzene rings is 1. The van der Waals surface area contributed by atoms with E-state index in [1.54, 1.807) is 29.1 Å².